The van der Waals surface area contributed by atoms with Crippen LogP contribution in [0.25, 0.3) is 11.1 Å². The van der Waals surface area contributed by atoms with Gasteiger partial charge in [-0.05, 0) is 36.8 Å². The van der Waals surface area contributed by atoms with Crippen molar-refractivity contribution in [1.29, 1.82) is 0 Å². The number of rotatable bonds is 5. The standard InChI is InChI=1S/C21H18Cl2N4O3/c1-11-18(12-6-8-13(30-2)9-7-12)20-25-21(29)16(27(20)26-11)10-17(28)24-15-5-3-4-14(22)19(15)23/h3-9,16H,10H2,1-2H3,(H,24,28)(H,25,29). The Hall–Kier alpha value is -3.03. The van der Waals surface area contributed by atoms with Gasteiger partial charge in [0, 0.05) is 5.56 Å². The van der Waals surface area contributed by atoms with E-state index in [1.165, 1.54) is 0 Å². The highest BCUT2D eigenvalue weighted by atomic mass is 35.5. The third kappa shape index (κ3) is 3.62. The number of fused-ring (bicyclic) bond motifs is 1. The Kier molecular flexibility index (Phi) is 5.40. The summed E-state index contributed by atoms with van der Waals surface area (Å²) in [5.74, 6) is 0.644. The van der Waals surface area contributed by atoms with Gasteiger partial charge >= 0.3 is 0 Å². The molecule has 1 unspecified atom stereocenters. The lowest BCUT2D eigenvalue weighted by Crippen LogP contribution is -2.24. The van der Waals surface area contributed by atoms with E-state index in [4.69, 9.17) is 27.9 Å². The lowest BCUT2D eigenvalue weighted by molar-refractivity contribution is -0.123. The lowest BCUT2D eigenvalue weighted by Gasteiger charge is -2.11. The maximum absolute atomic E-state index is 12.6. The first kappa shape index (κ1) is 20.3. The van der Waals surface area contributed by atoms with Crippen molar-refractivity contribution in [1.82, 2.24) is 9.78 Å². The van der Waals surface area contributed by atoms with Crippen molar-refractivity contribution in [2.45, 2.75) is 19.4 Å². The van der Waals surface area contributed by atoms with Crippen LogP contribution in [0, 0.1) is 6.92 Å². The number of aryl methyl sites for hydroxylation is 1. The molecule has 1 aliphatic heterocycles. The minimum atomic E-state index is -0.761. The fourth-order valence-corrected chi connectivity index (χ4v) is 3.81. The van der Waals surface area contributed by atoms with E-state index in [0.717, 1.165) is 22.6 Å². The largest absolute Gasteiger partial charge is 0.497 e. The Morgan fingerprint density at radius 3 is 2.67 bits per heavy atom. The summed E-state index contributed by atoms with van der Waals surface area (Å²) in [6.45, 7) is 1.86. The Bertz CT molecular complexity index is 1140. The van der Waals surface area contributed by atoms with Crippen LogP contribution in [-0.2, 0) is 9.59 Å². The molecule has 0 saturated heterocycles. The molecular formula is C21H18Cl2N4O3. The summed E-state index contributed by atoms with van der Waals surface area (Å²) in [5, 5.41) is 10.7. The van der Waals surface area contributed by atoms with E-state index in [2.05, 4.69) is 15.7 Å². The van der Waals surface area contributed by atoms with Gasteiger partial charge < -0.3 is 15.4 Å². The fraction of sp³-hybridized carbons (Fsp3) is 0.190. The van der Waals surface area contributed by atoms with Gasteiger partial charge in [-0.25, -0.2) is 4.68 Å². The number of nitrogens with one attached hydrogen (secondary N) is 2. The number of carbonyl (C=O) groups is 2. The van der Waals surface area contributed by atoms with Crippen LogP contribution in [0.2, 0.25) is 10.0 Å². The number of aromatic nitrogens is 2. The summed E-state index contributed by atoms with van der Waals surface area (Å²) < 4.78 is 6.77. The molecule has 1 aliphatic rings. The van der Waals surface area contributed by atoms with Gasteiger partial charge in [-0.3, -0.25) is 9.59 Å². The van der Waals surface area contributed by atoms with Crippen LogP contribution >= 0.6 is 23.2 Å². The molecule has 9 heteroatoms. The molecule has 0 radical (unpaired) electrons. The third-order valence-corrected chi connectivity index (χ3v) is 5.73. The molecule has 1 atom stereocenters. The molecule has 0 spiro atoms. The van der Waals surface area contributed by atoms with Crippen molar-refractivity contribution < 1.29 is 14.3 Å². The molecule has 3 aromatic rings. The average Bonchev–Trinajstić information content (AvgIpc) is 3.19. The van der Waals surface area contributed by atoms with E-state index >= 15 is 0 Å². The Morgan fingerprint density at radius 1 is 1.23 bits per heavy atom. The van der Waals surface area contributed by atoms with Crippen molar-refractivity contribution in [2.75, 3.05) is 17.7 Å². The fourth-order valence-electron chi connectivity index (χ4n) is 3.46. The highest BCUT2D eigenvalue weighted by molar-refractivity contribution is 6.44. The Morgan fingerprint density at radius 2 is 1.97 bits per heavy atom. The number of methoxy groups -OCH3 is 1. The van der Waals surface area contributed by atoms with Gasteiger partial charge in [-0.2, -0.15) is 5.10 Å². The molecule has 1 aromatic heterocycles. The van der Waals surface area contributed by atoms with E-state index in [-0.39, 0.29) is 23.3 Å². The maximum Gasteiger partial charge on any atom is 0.251 e. The Balaban J connectivity index is 1.58. The summed E-state index contributed by atoms with van der Waals surface area (Å²) in [5.41, 5.74) is 2.85. The first-order chi connectivity index (χ1) is 14.4. The van der Waals surface area contributed by atoms with E-state index in [0.29, 0.717) is 16.5 Å². The number of anilines is 2. The van der Waals surface area contributed by atoms with Gasteiger partial charge in [0.05, 0.1) is 35.0 Å². The minimum Gasteiger partial charge on any atom is -0.497 e. The molecule has 30 heavy (non-hydrogen) atoms. The molecule has 4 rings (SSSR count). The smallest absolute Gasteiger partial charge is 0.251 e. The molecule has 2 aromatic carbocycles. The van der Waals surface area contributed by atoms with Crippen molar-refractivity contribution in [3.05, 3.63) is 58.2 Å². The SMILES string of the molecule is COc1ccc(-c2c(C)nn3c2NC(=O)C3CC(=O)Nc2cccc(Cl)c2Cl)cc1. The van der Waals surface area contributed by atoms with Crippen LogP contribution in [0.3, 0.4) is 0 Å². The average molecular weight is 445 g/mol. The third-order valence-electron chi connectivity index (χ3n) is 4.91. The number of ether oxygens (including phenoxy) is 1. The maximum atomic E-state index is 12.6. The van der Waals surface area contributed by atoms with Gasteiger partial charge in [-0.1, -0.05) is 41.4 Å². The van der Waals surface area contributed by atoms with Crippen LogP contribution in [-0.4, -0.2) is 28.7 Å². The molecule has 0 bridgehead atoms. The van der Waals surface area contributed by atoms with Gasteiger partial charge in [0.2, 0.25) is 5.91 Å². The van der Waals surface area contributed by atoms with E-state index in [1.54, 1.807) is 30.0 Å². The minimum absolute atomic E-state index is 0.0924. The van der Waals surface area contributed by atoms with Crippen LogP contribution in [0.15, 0.2) is 42.5 Å². The second kappa shape index (κ2) is 8.01. The van der Waals surface area contributed by atoms with E-state index < -0.39 is 6.04 Å². The molecular weight excluding hydrogens is 427 g/mol. The first-order valence-electron chi connectivity index (χ1n) is 9.17. The summed E-state index contributed by atoms with van der Waals surface area (Å²) in [7, 11) is 1.60. The van der Waals surface area contributed by atoms with Crippen LogP contribution < -0.4 is 15.4 Å². The van der Waals surface area contributed by atoms with Gasteiger partial charge in [-0.15, -0.1) is 0 Å². The Labute approximate surface area is 182 Å². The molecule has 2 heterocycles. The summed E-state index contributed by atoms with van der Waals surface area (Å²) in [4.78, 5) is 25.1. The highest BCUT2D eigenvalue weighted by Crippen LogP contribution is 2.39. The number of hydrogen-bond donors (Lipinski definition) is 2. The normalized spacial score (nSPS) is 14.9. The first-order valence-corrected chi connectivity index (χ1v) is 9.93. The van der Waals surface area contributed by atoms with Gasteiger partial charge in [0.15, 0.2) is 0 Å². The second-order valence-electron chi connectivity index (χ2n) is 6.84. The van der Waals surface area contributed by atoms with Crippen molar-refractivity contribution in [3.8, 4) is 16.9 Å². The van der Waals surface area contributed by atoms with Crippen molar-refractivity contribution in [3.63, 3.8) is 0 Å². The summed E-state index contributed by atoms with van der Waals surface area (Å²) in [6.07, 6.45) is -0.0924. The number of nitrogens with zero attached hydrogens (tertiary/aromatic N) is 2. The van der Waals surface area contributed by atoms with E-state index in [1.807, 2.05) is 31.2 Å². The zero-order valence-electron chi connectivity index (χ0n) is 16.2. The number of hydrogen-bond acceptors (Lipinski definition) is 4. The predicted octanol–water partition coefficient (Wildman–Crippen LogP) is 4.70. The molecule has 2 amide bonds. The number of amides is 2. The second-order valence-corrected chi connectivity index (χ2v) is 7.63. The zero-order chi connectivity index (χ0) is 21.4. The van der Waals surface area contributed by atoms with Crippen molar-refractivity contribution in [2.24, 2.45) is 0 Å². The topological polar surface area (TPSA) is 85.2 Å². The van der Waals surface area contributed by atoms with E-state index in [9.17, 15) is 9.59 Å². The van der Waals surface area contributed by atoms with Gasteiger partial charge in [0.25, 0.3) is 5.91 Å². The zero-order valence-corrected chi connectivity index (χ0v) is 17.7. The molecule has 154 valence electrons. The quantitative estimate of drug-likeness (QED) is 0.597. The van der Waals surface area contributed by atoms with Crippen LogP contribution in [0.1, 0.15) is 18.2 Å². The summed E-state index contributed by atoms with van der Waals surface area (Å²) >= 11 is 12.1. The molecule has 2 N–H and O–H groups in total. The number of benzene rings is 2. The molecule has 7 nitrogen and oxygen atoms in total. The van der Waals surface area contributed by atoms with Crippen LogP contribution in [0.5, 0.6) is 5.75 Å². The van der Waals surface area contributed by atoms with Crippen molar-refractivity contribution >= 4 is 46.5 Å². The van der Waals surface area contributed by atoms with Gasteiger partial charge in [0.1, 0.15) is 17.6 Å². The lowest BCUT2D eigenvalue weighted by atomic mass is 10.1. The number of carbonyl (C=O) groups excluding carboxylic acids is 2. The van der Waals surface area contributed by atoms with Crippen LogP contribution in [0.4, 0.5) is 11.5 Å². The predicted molar refractivity (Wildman–Crippen MR) is 116 cm³/mol. The monoisotopic (exact) mass is 444 g/mol. The molecule has 0 aliphatic carbocycles. The highest BCUT2D eigenvalue weighted by Gasteiger charge is 2.36. The molecule has 0 fully saturated rings. The number of halogens is 2. The molecule has 0 saturated carbocycles. The summed E-state index contributed by atoms with van der Waals surface area (Å²) in [6, 6.07) is 11.7.